The molecule has 8 nitrogen and oxygen atoms in total. The summed E-state index contributed by atoms with van der Waals surface area (Å²) in [4.78, 5) is 38.5. The van der Waals surface area contributed by atoms with E-state index in [0.717, 1.165) is 0 Å². The second-order valence-corrected chi connectivity index (χ2v) is 5.41. The average Bonchev–Trinajstić information content (AvgIpc) is 3.01. The van der Waals surface area contributed by atoms with Crippen LogP contribution in [-0.4, -0.2) is 37.2 Å². The first-order chi connectivity index (χ1) is 11.5. The first-order valence-electron chi connectivity index (χ1n) is 6.79. The van der Waals surface area contributed by atoms with E-state index in [0.29, 0.717) is 22.1 Å². The van der Waals surface area contributed by atoms with Crippen molar-refractivity contribution in [3.63, 3.8) is 0 Å². The Labute approximate surface area is 141 Å². The summed E-state index contributed by atoms with van der Waals surface area (Å²) >= 11 is 1.19. The van der Waals surface area contributed by atoms with Crippen LogP contribution in [0.1, 0.15) is 16.1 Å². The number of rotatable bonds is 5. The summed E-state index contributed by atoms with van der Waals surface area (Å²) in [5, 5.41) is 7.15. The summed E-state index contributed by atoms with van der Waals surface area (Å²) in [6, 6.07) is 6.33. The second-order valence-electron chi connectivity index (χ2n) is 4.55. The number of amides is 2. The van der Waals surface area contributed by atoms with E-state index in [-0.39, 0.29) is 12.3 Å². The maximum atomic E-state index is 12.0. The van der Waals surface area contributed by atoms with Gasteiger partial charge in [-0.2, -0.15) is 0 Å². The number of hydrogen-bond acceptors (Lipinski definition) is 7. The van der Waals surface area contributed by atoms with E-state index in [1.807, 2.05) is 0 Å². The smallest absolute Gasteiger partial charge is 0.413 e. The highest BCUT2D eigenvalue weighted by Crippen LogP contribution is 2.17. The fraction of sp³-hybridized carbons (Fsp3) is 0.200. The number of nitrogens with zero attached hydrogens (tertiary/aromatic N) is 1. The third kappa shape index (κ3) is 4.78. The molecule has 1 heterocycles. The zero-order chi connectivity index (χ0) is 17.5. The van der Waals surface area contributed by atoms with Gasteiger partial charge in [-0.3, -0.25) is 10.1 Å². The lowest BCUT2D eigenvalue weighted by molar-refractivity contribution is -0.115. The monoisotopic (exact) mass is 349 g/mol. The molecular formula is C15H15N3O5S. The van der Waals surface area contributed by atoms with Crippen LogP contribution in [0.25, 0.3) is 0 Å². The normalized spacial score (nSPS) is 9.92. The molecule has 2 rings (SSSR count). The Morgan fingerprint density at radius 3 is 2.42 bits per heavy atom. The van der Waals surface area contributed by atoms with E-state index >= 15 is 0 Å². The minimum atomic E-state index is -0.619. The van der Waals surface area contributed by atoms with Gasteiger partial charge in [-0.25, -0.2) is 14.6 Å². The molecule has 0 saturated heterocycles. The first kappa shape index (κ1) is 17.4. The van der Waals surface area contributed by atoms with Gasteiger partial charge in [0.2, 0.25) is 5.91 Å². The predicted octanol–water partition coefficient (Wildman–Crippen LogP) is 2.29. The van der Waals surface area contributed by atoms with Crippen LogP contribution in [0.4, 0.5) is 15.6 Å². The number of esters is 1. The molecule has 0 aliphatic heterocycles. The lowest BCUT2D eigenvalue weighted by Crippen LogP contribution is -2.15. The summed E-state index contributed by atoms with van der Waals surface area (Å²) in [5.74, 6) is -0.711. The second kappa shape index (κ2) is 8.06. The molecule has 0 saturated carbocycles. The summed E-state index contributed by atoms with van der Waals surface area (Å²) in [7, 11) is 2.55. The molecule has 0 aliphatic rings. The third-order valence-electron chi connectivity index (χ3n) is 2.88. The predicted molar refractivity (Wildman–Crippen MR) is 88.3 cm³/mol. The Hall–Kier alpha value is -2.94. The van der Waals surface area contributed by atoms with E-state index in [9.17, 15) is 14.4 Å². The Balaban J connectivity index is 1.91. The van der Waals surface area contributed by atoms with Crippen LogP contribution in [0.3, 0.4) is 0 Å². The number of benzene rings is 1. The van der Waals surface area contributed by atoms with Gasteiger partial charge in [-0.15, -0.1) is 11.3 Å². The first-order valence-corrected chi connectivity index (χ1v) is 7.67. The fourth-order valence-electron chi connectivity index (χ4n) is 1.76. The van der Waals surface area contributed by atoms with Gasteiger partial charge in [0.1, 0.15) is 0 Å². The number of ether oxygens (including phenoxy) is 2. The molecule has 0 bridgehead atoms. The summed E-state index contributed by atoms with van der Waals surface area (Å²) < 4.78 is 9.06. The van der Waals surface area contributed by atoms with Gasteiger partial charge >= 0.3 is 12.1 Å². The van der Waals surface area contributed by atoms with E-state index in [1.54, 1.807) is 29.6 Å². The van der Waals surface area contributed by atoms with Crippen LogP contribution in [0.5, 0.6) is 0 Å². The molecule has 0 atom stereocenters. The largest absolute Gasteiger partial charge is 0.465 e. The van der Waals surface area contributed by atoms with Gasteiger partial charge in [0, 0.05) is 11.1 Å². The topological polar surface area (TPSA) is 107 Å². The summed E-state index contributed by atoms with van der Waals surface area (Å²) in [6.07, 6.45) is -0.566. The number of aromatic nitrogens is 1. The molecule has 2 N–H and O–H groups in total. The molecule has 2 aromatic rings. The molecule has 0 spiro atoms. The van der Waals surface area contributed by atoms with Gasteiger partial charge in [0.15, 0.2) is 5.13 Å². The number of nitrogens with one attached hydrogen (secondary N) is 2. The zero-order valence-corrected chi connectivity index (χ0v) is 13.8. The van der Waals surface area contributed by atoms with Crippen LogP contribution in [0, 0.1) is 0 Å². The molecular weight excluding hydrogens is 334 g/mol. The zero-order valence-electron chi connectivity index (χ0n) is 13.0. The third-order valence-corrected chi connectivity index (χ3v) is 3.68. The Bertz CT molecular complexity index is 742. The van der Waals surface area contributed by atoms with Crippen molar-refractivity contribution in [2.45, 2.75) is 6.42 Å². The Morgan fingerprint density at radius 1 is 1.08 bits per heavy atom. The van der Waals surface area contributed by atoms with Gasteiger partial charge in [0.25, 0.3) is 0 Å². The van der Waals surface area contributed by atoms with E-state index in [4.69, 9.17) is 0 Å². The van der Waals surface area contributed by atoms with Crippen molar-refractivity contribution in [3.8, 4) is 0 Å². The van der Waals surface area contributed by atoms with Crippen molar-refractivity contribution in [1.29, 1.82) is 0 Å². The van der Waals surface area contributed by atoms with E-state index in [1.165, 1.54) is 25.6 Å². The van der Waals surface area contributed by atoms with Crippen molar-refractivity contribution in [1.82, 2.24) is 4.98 Å². The molecule has 0 radical (unpaired) electrons. The lowest BCUT2D eigenvalue weighted by atomic mass is 10.2. The molecule has 1 aromatic heterocycles. The number of carbonyl (C=O) groups is 3. The van der Waals surface area contributed by atoms with Crippen molar-refractivity contribution in [3.05, 3.63) is 40.9 Å². The van der Waals surface area contributed by atoms with Crippen molar-refractivity contribution >= 4 is 40.1 Å². The molecule has 9 heteroatoms. The number of hydrogen-bond donors (Lipinski definition) is 2. The highest BCUT2D eigenvalue weighted by molar-refractivity contribution is 7.13. The van der Waals surface area contributed by atoms with Gasteiger partial charge in [-0.1, -0.05) is 0 Å². The van der Waals surface area contributed by atoms with Gasteiger partial charge in [0.05, 0.1) is 31.9 Å². The van der Waals surface area contributed by atoms with Crippen LogP contribution in [-0.2, 0) is 20.7 Å². The highest BCUT2D eigenvalue weighted by atomic mass is 32.1. The van der Waals surface area contributed by atoms with Crippen LogP contribution >= 0.6 is 11.3 Å². The quantitative estimate of drug-likeness (QED) is 0.802. The molecule has 2 amide bonds. The fourth-order valence-corrected chi connectivity index (χ4v) is 2.46. The Kier molecular flexibility index (Phi) is 5.85. The minimum Gasteiger partial charge on any atom is -0.465 e. The molecule has 0 unspecified atom stereocenters. The lowest BCUT2D eigenvalue weighted by Gasteiger charge is -2.05. The highest BCUT2D eigenvalue weighted by Gasteiger charge is 2.11. The number of thiazole rings is 1. The average molecular weight is 349 g/mol. The van der Waals surface area contributed by atoms with E-state index in [2.05, 4.69) is 25.1 Å². The minimum absolute atomic E-state index is 0.0537. The van der Waals surface area contributed by atoms with Crippen LogP contribution in [0.15, 0.2) is 29.6 Å². The molecule has 0 fully saturated rings. The molecule has 0 aliphatic carbocycles. The van der Waals surface area contributed by atoms with Crippen molar-refractivity contribution < 1.29 is 23.9 Å². The van der Waals surface area contributed by atoms with Crippen LogP contribution < -0.4 is 10.6 Å². The van der Waals surface area contributed by atoms with Crippen molar-refractivity contribution in [2.24, 2.45) is 0 Å². The number of carbonyl (C=O) groups excluding carboxylic acids is 3. The number of anilines is 2. The van der Waals surface area contributed by atoms with Crippen LogP contribution in [0.2, 0.25) is 0 Å². The summed E-state index contributed by atoms with van der Waals surface area (Å²) in [5.41, 5.74) is 1.47. The SMILES string of the molecule is COC(=O)Nc1nc(CC(=O)Nc2ccc(C(=O)OC)cc2)cs1. The standard InChI is InChI=1S/C15H15N3O5S/c1-22-13(20)9-3-5-10(6-4-9)16-12(19)7-11-8-24-14(17-11)18-15(21)23-2/h3-6,8H,7H2,1-2H3,(H,16,19)(H,17,18,21). The molecule has 24 heavy (non-hydrogen) atoms. The molecule has 126 valence electrons. The van der Waals surface area contributed by atoms with Gasteiger partial charge < -0.3 is 14.8 Å². The molecule has 1 aromatic carbocycles. The summed E-state index contributed by atoms with van der Waals surface area (Å²) in [6.45, 7) is 0. The van der Waals surface area contributed by atoms with E-state index < -0.39 is 12.1 Å². The Morgan fingerprint density at radius 2 is 1.79 bits per heavy atom. The van der Waals surface area contributed by atoms with Crippen molar-refractivity contribution in [2.75, 3.05) is 24.9 Å². The number of methoxy groups -OCH3 is 2. The maximum absolute atomic E-state index is 12.0. The maximum Gasteiger partial charge on any atom is 0.413 e. The van der Waals surface area contributed by atoms with Gasteiger partial charge in [-0.05, 0) is 24.3 Å².